The summed E-state index contributed by atoms with van der Waals surface area (Å²) in [5.41, 5.74) is -0.234. The van der Waals surface area contributed by atoms with E-state index in [9.17, 15) is 9.59 Å². The number of nitrogens with zero attached hydrogens (tertiary/aromatic N) is 2. The van der Waals surface area contributed by atoms with Gasteiger partial charge in [0.05, 0.1) is 5.54 Å². The number of amides is 2. The van der Waals surface area contributed by atoms with Crippen molar-refractivity contribution in [2.45, 2.75) is 31.2 Å². The molecule has 0 radical (unpaired) electrons. The smallest absolute Gasteiger partial charge is 0.266 e. The van der Waals surface area contributed by atoms with Gasteiger partial charge >= 0.3 is 0 Å². The summed E-state index contributed by atoms with van der Waals surface area (Å²) in [6.45, 7) is 1.15. The lowest BCUT2D eigenvalue weighted by molar-refractivity contribution is -0.123. The Morgan fingerprint density at radius 2 is 2.33 bits per heavy atom. The van der Waals surface area contributed by atoms with E-state index in [-0.39, 0.29) is 17.4 Å². The van der Waals surface area contributed by atoms with Gasteiger partial charge in [0.2, 0.25) is 5.91 Å². The highest BCUT2D eigenvalue weighted by atomic mass is 32.1. The average molecular weight is 265 g/mol. The molecule has 0 atom stereocenters. The van der Waals surface area contributed by atoms with E-state index in [1.54, 1.807) is 12.3 Å². The van der Waals surface area contributed by atoms with Gasteiger partial charge in [0.25, 0.3) is 5.91 Å². The number of rotatable bonds is 1. The number of carbonyl (C=O) groups is 2. The first-order chi connectivity index (χ1) is 8.71. The first-order valence-electron chi connectivity index (χ1n) is 6.21. The van der Waals surface area contributed by atoms with Crippen LogP contribution in [-0.4, -0.2) is 39.7 Å². The van der Waals surface area contributed by atoms with Crippen LogP contribution in [0.25, 0.3) is 0 Å². The van der Waals surface area contributed by atoms with Gasteiger partial charge in [-0.25, -0.2) is 4.37 Å². The maximum atomic E-state index is 12.5. The zero-order chi connectivity index (χ0) is 12.6. The van der Waals surface area contributed by atoms with Crippen molar-refractivity contribution in [3.05, 3.63) is 17.1 Å². The summed E-state index contributed by atoms with van der Waals surface area (Å²) < 4.78 is 3.98. The topological polar surface area (TPSA) is 62.3 Å². The van der Waals surface area contributed by atoms with Crippen LogP contribution in [0.4, 0.5) is 0 Å². The van der Waals surface area contributed by atoms with Gasteiger partial charge in [0.15, 0.2) is 0 Å². The van der Waals surface area contributed by atoms with Crippen LogP contribution in [0.3, 0.4) is 0 Å². The number of nitrogens with one attached hydrogen (secondary N) is 1. The third-order valence-corrected chi connectivity index (χ3v) is 4.63. The lowest BCUT2D eigenvalue weighted by atomic mass is 9.73. The molecular formula is C12H15N3O2S. The molecule has 1 N–H and O–H groups in total. The van der Waals surface area contributed by atoms with Crippen LogP contribution in [0.1, 0.15) is 35.4 Å². The molecule has 1 spiro atoms. The summed E-state index contributed by atoms with van der Waals surface area (Å²) >= 11 is 1.22. The maximum Gasteiger partial charge on any atom is 0.266 e. The minimum absolute atomic E-state index is 0.0219. The zero-order valence-electron chi connectivity index (χ0n) is 10.0. The lowest BCUT2D eigenvalue weighted by Gasteiger charge is -2.48. The molecular weight excluding hydrogens is 250 g/mol. The molecule has 2 heterocycles. The molecule has 1 aliphatic heterocycles. The van der Waals surface area contributed by atoms with Gasteiger partial charge in [-0.3, -0.25) is 9.59 Å². The fraction of sp³-hybridized carbons (Fsp3) is 0.583. The fourth-order valence-corrected chi connectivity index (χ4v) is 3.35. The van der Waals surface area contributed by atoms with Gasteiger partial charge in [-0.05, 0) is 36.9 Å². The molecule has 2 aliphatic rings. The van der Waals surface area contributed by atoms with Crippen molar-refractivity contribution in [3.63, 3.8) is 0 Å². The van der Waals surface area contributed by atoms with E-state index in [1.807, 2.05) is 4.90 Å². The molecule has 1 saturated heterocycles. The second kappa shape index (κ2) is 4.35. The summed E-state index contributed by atoms with van der Waals surface area (Å²) in [7, 11) is 0. The van der Waals surface area contributed by atoms with E-state index < -0.39 is 0 Å². The monoisotopic (exact) mass is 265 g/mol. The Bertz CT molecular complexity index is 468. The van der Waals surface area contributed by atoms with Crippen LogP contribution in [0.2, 0.25) is 0 Å². The fourth-order valence-electron chi connectivity index (χ4n) is 2.81. The molecule has 0 aromatic carbocycles. The Balaban J connectivity index is 1.88. The molecule has 0 bridgehead atoms. The van der Waals surface area contributed by atoms with Crippen LogP contribution >= 0.6 is 11.5 Å². The van der Waals surface area contributed by atoms with Crippen molar-refractivity contribution in [2.75, 3.05) is 13.1 Å². The zero-order valence-corrected chi connectivity index (χ0v) is 10.8. The van der Waals surface area contributed by atoms with Crippen molar-refractivity contribution in [2.24, 2.45) is 0 Å². The highest BCUT2D eigenvalue weighted by Gasteiger charge is 2.47. The van der Waals surface area contributed by atoms with E-state index in [2.05, 4.69) is 9.69 Å². The highest BCUT2D eigenvalue weighted by Crippen LogP contribution is 2.42. The summed E-state index contributed by atoms with van der Waals surface area (Å²) in [6.07, 6.45) is 5.06. The van der Waals surface area contributed by atoms with Crippen LogP contribution in [0, 0.1) is 0 Å². The largest absolute Gasteiger partial charge is 0.354 e. The third-order valence-electron chi connectivity index (χ3n) is 3.90. The van der Waals surface area contributed by atoms with Crippen LogP contribution in [0.15, 0.2) is 12.3 Å². The molecule has 0 unspecified atom stereocenters. The van der Waals surface area contributed by atoms with Crippen LogP contribution in [0.5, 0.6) is 0 Å². The molecule has 1 aliphatic carbocycles. The Morgan fingerprint density at radius 3 is 2.94 bits per heavy atom. The quantitative estimate of drug-likeness (QED) is 0.825. The first kappa shape index (κ1) is 11.6. The second-order valence-electron chi connectivity index (χ2n) is 4.94. The molecule has 96 valence electrons. The van der Waals surface area contributed by atoms with E-state index in [4.69, 9.17) is 0 Å². The Hall–Kier alpha value is -1.43. The predicted octanol–water partition coefficient (Wildman–Crippen LogP) is 1.03. The van der Waals surface area contributed by atoms with E-state index in [1.165, 1.54) is 11.5 Å². The van der Waals surface area contributed by atoms with Gasteiger partial charge in [0, 0.05) is 25.7 Å². The Kier molecular flexibility index (Phi) is 2.81. The normalized spacial score (nSPS) is 22.2. The first-order valence-corrected chi connectivity index (χ1v) is 6.98. The van der Waals surface area contributed by atoms with Gasteiger partial charge in [-0.1, -0.05) is 0 Å². The SMILES string of the molecule is O=C1CC2(CCC2)N(C(=O)c2ccns2)CCN1. The highest BCUT2D eigenvalue weighted by molar-refractivity contribution is 7.08. The van der Waals surface area contributed by atoms with Gasteiger partial charge < -0.3 is 10.2 Å². The van der Waals surface area contributed by atoms with Crippen molar-refractivity contribution >= 4 is 23.3 Å². The van der Waals surface area contributed by atoms with Crippen molar-refractivity contribution < 1.29 is 9.59 Å². The van der Waals surface area contributed by atoms with Crippen molar-refractivity contribution in [1.82, 2.24) is 14.6 Å². The third kappa shape index (κ3) is 1.80. The van der Waals surface area contributed by atoms with E-state index >= 15 is 0 Å². The minimum atomic E-state index is -0.234. The minimum Gasteiger partial charge on any atom is -0.354 e. The van der Waals surface area contributed by atoms with Crippen molar-refractivity contribution in [3.8, 4) is 0 Å². The number of hydrogen-bond acceptors (Lipinski definition) is 4. The van der Waals surface area contributed by atoms with Crippen LogP contribution in [-0.2, 0) is 4.79 Å². The summed E-state index contributed by atoms with van der Waals surface area (Å²) in [6, 6.07) is 1.75. The summed E-state index contributed by atoms with van der Waals surface area (Å²) in [4.78, 5) is 26.7. The maximum absolute atomic E-state index is 12.5. The number of hydrogen-bond donors (Lipinski definition) is 1. The average Bonchev–Trinajstić information content (AvgIpc) is 2.77. The van der Waals surface area contributed by atoms with E-state index in [0.717, 1.165) is 19.3 Å². The number of aromatic nitrogens is 1. The molecule has 3 rings (SSSR count). The molecule has 2 fully saturated rings. The van der Waals surface area contributed by atoms with Crippen molar-refractivity contribution in [1.29, 1.82) is 0 Å². The molecule has 2 amide bonds. The standard InChI is InChI=1S/C12H15N3O2S/c16-10-8-12(3-1-4-12)15(7-6-13-10)11(17)9-2-5-14-18-9/h2,5H,1,3-4,6-8H2,(H,13,16). The van der Waals surface area contributed by atoms with E-state index in [0.29, 0.717) is 24.4 Å². The molecule has 1 saturated carbocycles. The molecule has 1 aromatic heterocycles. The lowest BCUT2D eigenvalue weighted by Crippen LogP contribution is -2.56. The molecule has 5 nitrogen and oxygen atoms in total. The Morgan fingerprint density at radius 1 is 1.50 bits per heavy atom. The molecule has 1 aromatic rings. The number of carbonyl (C=O) groups excluding carboxylic acids is 2. The van der Waals surface area contributed by atoms with Crippen LogP contribution < -0.4 is 5.32 Å². The van der Waals surface area contributed by atoms with Gasteiger partial charge in [-0.15, -0.1) is 0 Å². The second-order valence-corrected chi connectivity index (χ2v) is 5.77. The summed E-state index contributed by atoms with van der Waals surface area (Å²) in [5, 5.41) is 2.85. The van der Waals surface area contributed by atoms with Gasteiger partial charge in [-0.2, -0.15) is 0 Å². The Labute approximate surface area is 109 Å². The summed E-state index contributed by atoms with van der Waals surface area (Å²) in [5.74, 6) is 0.0861. The van der Waals surface area contributed by atoms with Gasteiger partial charge in [0.1, 0.15) is 4.88 Å². The molecule has 6 heteroatoms. The molecule has 18 heavy (non-hydrogen) atoms. The predicted molar refractivity (Wildman–Crippen MR) is 67.4 cm³/mol.